The zero-order valence-electron chi connectivity index (χ0n) is 23.2. The van der Waals surface area contributed by atoms with E-state index < -0.39 is 5.97 Å². The van der Waals surface area contributed by atoms with E-state index in [9.17, 15) is 9.90 Å². The molecule has 3 fully saturated rings. The van der Waals surface area contributed by atoms with Crippen molar-refractivity contribution in [2.45, 2.75) is 62.8 Å². The van der Waals surface area contributed by atoms with Crippen molar-refractivity contribution in [3.63, 3.8) is 0 Å². The summed E-state index contributed by atoms with van der Waals surface area (Å²) < 4.78 is 0. The molecule has 3 aliphatic rings. The molecule has 2 aromatic carbocycles. The summed E-state index contributed by atoms with van der Waals surface area (Å²) in [6, 6.07) is 20.8. The molecule has 2 saturated heterocycles. The van der Waals surface area contributed by atoms with E-state index in [1.165, 1.54) is 30.4 Å². The maximum Gasteiger partial charge on any atom is 0.320 e. The van der Waals surface area contributed by atoms with Gasteiger partial charge < -0.3 is 15.0 Å². The molecule has 2 N–H and O–H groups in total. The molecule has 1 aromatic heterocycles. The van der Waals surface area contributed by atoms with Gasteiger partial charge in [-0.1, -0.05) is 91.5 Å². The average Bonchev–Trinajstić information content (AvgIpc) is 3.52. The Morgan fingerprint density at radius 3 is 2.35 bits per heavy atom. The molecule has 0 radical (unpaired) electrons. The molecule has 40 heavy (non-hydrogen) atoms. The van der Waals surface area contributed by atoms with E-state index in [1.807, 2.05) is 6.07 Å². The lowest BCUT2D eigenvalue weighted by Crippen LogP contribution is -2.43. The molecule has 2 aliphatic heterocycles. The lowest BCUT2D eigenvalue weighted by molar-refractivity contribution is -0.144. The minimum atomic E-state index is -0.650. The first-order valence-corrected chi connectivity index (χ1v) is 15.4. The second-order valence-corrected chi connectivity index (χ2v) is 12.6. The Bertz CT molecular complexity index is 1250. The van der Waals surface area contributed by atoms with Gasteiger partial charge in [0.1, 0.15) is 11.9 Å². The molecule has 212 valence electrons. The smallest absolute Gasteiger partial charge is 0.320 e. The molecule has 6 rings (SSSR count). The number of aliphatic carboxylic acids is 1. The number of nitrogens with one attached hydrogen (secondary N) is 1. The summed E-state index contributed by atoms with van der Waals surface area (Å²) >= 11 is 6.62. The Hall–Kier alpha value is -2.67. The summed E-state index contributed by atoms with van der Waals surface area (Å²) in [5, 5.41) is 10.8. The Morgan fingerprint density at radius 1 is 1.00 bits per heavy atom. The summed E-state index contributed by atoms with van der Waals surface area (Å²) in [4.78, 5) is 25.4. The highest BCUT2D eigenvalue weighted by Crippen LogP contribution is 2.39. The number of rotatable bonds is 10. The number of piperidine rings is 1. The summed E-state index contributed by atoms with van der Waals surface area (Å²) in [7, 11) is 0. The maximum absolute atomic E-state index is 12.3. The predicted octanol–water partition coefficient (Wildman–Crippen LogP) is 6.19. The Balaban J connectivity index is 1.09. The Labute approximate surface area is 242 Å². The van der Waals surface area contributed by atoms with Crippen LogP contribution < -0.4 is 0 Å². The van der Waals surface area contributed by atoms with Gasteiger partial charge in [-0.05, 0) is 55.3 Å². The monoisotopic (exact) mass is 560 g/mol. The third-order valence-corrected chi connectivity index (χ3v) is 9.93. The van der Waals surface area contributed by atoms with E-state index >= 15 is 0 Å². The molecule has 0 unspecified atom stereocenters. The molecule has 3 atom stereocenters. The van der Waals surface area contributed by atoms with Crippen LogP contribution in [0.4, 0.5) is 0 Å². The van der Waals surface area contributed by atoms with Crippen LogP contribution in [0.15, 0.2) is 60.7 Å². The van der Waals surface area contributed by atoms with Crippen LogP contribution in [0.25, 0.3) is 0 Å². The largest absolute Gasteiger partial charge is 0.480 e. The molecule has 1 saturated carbocycles. The van der Waals surface area contributed by atoms with Crippen LogP contribution in [0, 0.1) is 11.8 Å². The summed E-state index contributed by atoms with van der Waals surface area (Å²) in [6.07, 6.45) is 7.29. The molecule has 0 bridgehead atoms. The van der Waals surface area contributed by atoms with Crippen LogP contribution in [-0.4, -0.2) is 69.6 Å². The number of carboxylic acid groups (broad SMARTS) is 1. The number of hydrogen-bond acceptors (Lipinski definition) is 4. The topological polar surface area (TPSA) is 72.5 Å². The van der Waals surface area contributed by atoms with Crippen molar-refractivity contribution in [1.29, 1.82) is 0 Å². The van der Waals surface area contributed by atoms with Gasteiger partial charge in [-0.3, -0.25) is 9.69 Å². The number of carboxylic acids is 1. The second kappa shape index (κ2) is 12.5. The molecular weight excluding hydrogens is 520 g/mol. The van der Waals surface area contributed by atoms with Gasteiger partial charge in [0.05, 0.1) is 5.69 Å². The van der Waals surface area contributed by atoms with Crippen molar-refractivity contribution in [1.82, 2.24) is 19.8 Å². The van der Waals surface area contributed by atoms with Gasteiger partial charge in [-0.2, -0.15) is 0 Å². The first kappa shape index (κ1) is 27.5. The van der Waals surface area contributed by atoms with Crippen LogP contribution >= 0.6 is 11.6 Å². The molecule has 3 heterocycles. The summed E-state index contributed by atoms with van der Waals surface area (Å²) in [5.74, 6) is 2.05. The number of benzene rings is 2. The number of carbonyl (C=O) groups is 1. The van der Waals surface area contributed by atoms with E-state index in [0.29, 0.717) is 28.8 Å². The normalized spacial score (nSPS) is 23.7. The zero-order valence-corrected chi connectivity index (χ0v) is 24.0. The van der Waals surface area contributed by atoms with Crippen LogP contribution in [0.1, 0.15) is 73.0 Å². The number of H-pyrrole nitrogens is 1. The van der Waals surface area contributed by atoms with Crippen LogP contribution in [0.5, 0.6) is 0 Å². The number of halogens is 1. The van der Waals surface area contributed by atoms with Crippen LogP contribution in [0.3, 0.4) is 0 Å². The first-order valence-electron chi connectivity index (χ1n) is 15.1. The highest BCUT2D eigenvalue weighted by Gasteiger charge is 2.41. The minimum absolute atomic E-state index is 0.361. The zero-order chi connectivity index (χ0) is 27.5. The highest BCUT2D eigenvalue weighted by molar-refractivity contribution is 6.30. The van der Waals surface area contributed by atoms with Crippen molar-refractivity contribution in [2.24, 2.45) is 11.8 Å². The van der Waals surface area contributed by atoms with Crippen LogP contribution in [0.2, 0.25) is 5.15 Å². The number of imidazole rings is 1. The maximum atomic E-state index is 12.3. The van der Waals surface area contributed by atoms with E-state index in [2.05, 4.69) is 74.4 Å². The first-order chi connectivity index (χ1) is 19.5. The van der Waals surface area contributed by atoms with Gasteiger partial charge in [-0.15, -0.1) is 0 Å². The molecule has 1 aliphatic carbocycles. The number of aromatic amines is 1. The third-order valence-electron chi connectivity index (χ3n) is 9.64. The Morgan fingerprint density at radius 2 is 1.70 bits per heavy atom. The van der Waals surface area contributed by atoms with Gasteiger partial charge in [-0.25, -0.2) is 4.98 Å². The number of likely N-dealkylation sites (tertiary alicyclic amines) is 2. The Kier molecular flexibility index (Phi) is 8.56. The van der Waals surface area contributed by atoms with Gasteiger partial charge >= 0.3 is 5.97 Å². The van der Waals surface area contributed by atoms with Crippen LogP contribution in [-0.2, 0) is 11.2 Å². The number of aromatic nitrogens is 2. The quantitative estimate of drug-likeness (QED) is 0.309. The minimum Gasteiger partial charge on any atom is -0.480 e. The summed E-state index contributed by atoms with van der Waals surface area (Å²) in [5.41, 5.74) is 3.65. The van der Waals surface area contributed by atoms with E-state index in [0.717, 1.165) is 69.9 Å². The van der Waals surface area contributed by atoms with Crippen molar-refractivity contribution in [2.75, 3.05) is 32.7 Å². The van der Waals surface area contributed by atoms with Crippen molar-refractivity contribution >= 4 is 17.6 Å². The second-order valence-electron chi connectivity index (χ2n) is 12.2. The van der Waals surface area contributed by atoms with E-state index in [-0.39, 0.29) is 6.04 Å². The van der Waals surface area contributed by atoms with Gasteiger partial charge in [0.2, 0.25) is 0 Å². The summed E-state index contributed by atoms with van der Waals surface area (Å²) in [6.45, 7) is 4.75. The molecule has 0 amide bonds. The van der Waals surface area contributed by atoms with Gasteiger partial charge in [0, 0.05) is 37.9 Å². The molecular formula is C33H41ClN4O2. The molecule has 0 spiro atoms. The fourth-order valence-corrected chi connectivity index (χ4v) is 7.47. The highest BCUT2D eigenvalue weighted by atomic mass is 35.5. The van der Waals surface area contributed by atoms with Gasteiger partial charge in [0.15, 0.2) is 5.15 Å². The standard InChI is InChI=1S/C33H41ClN4O2/c34-32-31(35-30(36-32)19-24-8-3-1-4-9-24)26-14-16-37(17-15-26)20-27-21-38(22-28(27)25-12-5-2-6-13-25)29(33(39)40)18-23-10-7-11-23/h1-6,8-9,12-13,23,26-29H,7,10-11,14-22H2,(H,35,36)(H,39,40)/t27-,28+,29+/m0/s1. The van der Waals surface area contributed by atoms with Gasteiger partial charge in [0.25, 0.3) is 0 Å². The van der Waals surface area contributed by atoms with Crippen molar-refractivity contribution < 1.29 is 9.90 Å². The average molecular weight is 561 g/mol. The van der Waals surface area contributed by atoms with Crippen molar-refractivity contribution in [3.8, 4) is 0 Å². The van der Waals surface area contributed by atoms with E-state index in [4.69, 9.17) is 11.6 Å². The van der Waals surface area contributed by atoms with Crippen molar-refractivity contribution in [3.05, 3.63) is 88.5 Å². The lowest BCUT2D eigenvalue weighted by Gasteiger charge is -2.34. The fraction of sp³-hybridized carbons (Fsp3) is 0.515. The third kappa shape index (κ3) is 6.29. The fourth-order valence-electron chi connectivity index (χ4n) is 7.17. The SMILES string of the molecule is O=C(O)[C@@H](CC1CCC1)N1C[C@H](CN2CCC(c3[nH]c(Cc4ccccc4)nc3Cl)CC2)[C@@H](c2ccccc2)C1. The number of hydrogen-bond donors (Lipinski definition) is 2. The van der Waals surface area contributed by atoms with E-state index in [1.54, 1.807) is 0 Å². The lowest BCUT2D eigenvalue weighted by atomic mass is 9.80. The molecule has 3 aromatic rings. The molecule has 7 heteroatoms. The number of nitrogens with zero attached hydrogens (tertiary/aromatic N) is 3. The molecule has 6 nitrogen and oxygen atoms in total. The predicted molar refractivity (Wildman–Crippen MR) is 159 cm³/mol.